The molecule has 462 valence electrons. The lowest BCUT2D eigenvalue weighted by molar-refractivity contribution is -0.386. The van der Waals surface area contributed by atoms with Gasteiger partial charge in [0.25, 0.3) is 23.6 Å². The van der Waals surface area contributed by atoms with Crippen molar-refractivity contribution in [2.75, 3.05) is 27.9 Å². The molecule has 6 rings (SSSR count). The van der Waals surface area contributed by atoms with Crippen molar-refractivity contribution in [3.8, 4) is 34.5 Å². The number of anilines is 4. The molecule has 6 aromatic rings. The van der Waals surface area contributed by atoms with E-state index in [0.717, 1.165) is 0 Å². The van der Waals surface area contributed by atoms with Gasteiger partial charge in [0.2, 0.25) is 11.8 Å². The first-order chi connectivity index (χ1) is 41.1. The number of hydrogen-bond donors (Lipinski definition) is 6. The normalized spacial score (nSPS) is 11.5. The zero-order valence-corrected chi connectivity index (χ0v) is 50.6. The minimum atomic E-state index is -0.632. The van der Waals surface area contributed by atoms with Gasteiger partial charge in [0, 0.05) is 57.6 Å². The van der Waals surface area contributed by atoms with Crippen LogP contribution in [0, 0.1) is 26.1 Å². The average Bonchev–Trinajstić information content (AvgIpc) is 1.59. The Morgan fingerprint density at radius 3 is 0.966 bits per heavy atom. The van der Waals surface area contributed by atoms with Gasteiger partial charge in [0.05, 0.1) is 69.7 Å². The van der Waals surface area contributed by atoms with E-state index in [-0.39, 0.29) is 128 Å². The fourth-order valence-corrected chi connectivity index (χ4v) is 7.70. The first kappa shape index (κ1) is 67.5. The summed E-state index contributed by atoms with van der Waals surface area (Å²) in [7, 11) is 0. The summed E-state index contributed by atoms with van der Waals surface area (Å²) in [5.74, 6) is -2.20. The number of carbonyl (C=O) groups excluding carboxylic acids is 6. The van der Waals surface area contributed by atoms with Gasteiger partial charge in [-0.2, -0.15) is 0 Å². The molecule has 0 fully saturated rings. The summed E-state index contributed by atoms with van der Waals surface area (Å²) in [4.78, 5) is 98.1. The Hall–Kier alpha value is -10.3. The topological polar surface area (TPSA) is 344 Å². The van der Waals surface area contributed by atoms with Gasteiger partial charge in [-0.15, -0.1) is 0 Å². The number of nitro benzene ring substituents is 2. The molecule has 0 spiro atoms. The van der Waals surface area contributed by atoms with Crippen LogP contribution in [0.25, 0.3) is 0 Å². The number of benzene rings is 6. The molecule has 0 heterocycles. The van der Waals surface area contributed by atoms with Gasteiger partial charge in [0.15, 0.2) is 11.5 Å². The highest BCUT2D eigenvalue weighted by Gasteiger charge is 2.25. The second kappa shape index (κ2) is 31.0. The van der Waals surface area contributed by atoms with Crippen molar-refractivity contribution in [2.24, 2.45) is 17.4 Å². The Labute approximate surface area is 503 Å². The second-order valence-electron chi connectivity index (χ2n) is 21.1. The third kappa shape index (κ3) is 19.7. The van der Waals surface area contributed by atoms with Gasteiger partial charge in [-0.1, -0.05) is 27.7 Å². The highest BCUT2D eigenvalue weighted by molar-refractivity contribution is 6.10. The van der Waals surface area contributed by atoms with Crippen LogP contribution in [-0.2, 0) is 0 Å². The van der Waals surface area contributed by atoms with Crippen LogP contribution >= 0.6 is 0 Å². The fraction of sp³-hybridized carbons (Fsp3) is 0.333. The first-order valence-electron chi connectivity index (χ1n) is 28.0. The molecule has 0 aliphatic heterocycles. The number of nitro groups is 2. The third-order valence-corrected chi connectivity index (χ3v) is 12.3. The summed E-state index contributed by atoms with van der Waals surface area (Å²) in [5, 5.41) is 34.0. The smallest absolute Gasteiger partial charge is 0.310 e. The average molecular weight is 1200 g/mol. The van der Waals surface area contributed by atoms with Gasteiger partial charge in [-0.25, -0.2) is 0 Å². The van der Waals surface area contributed by atoms with Crippen LogP contribution in [0.1, 0.15) is 158 Å². The van der Waals surface area contributed by atoms with E-state index in [9.17, 15) is 49.0 Å². The number of nitrogens with one attached hydrogen (secondary N) is 4. The minimum Gasteiger partial charge on any atom is -0.489 e. The van der Waals surface area contributed by atoms with Gasteiger partial charge < -0.3 is 61.2 Å². The van der Waals surface area contributed by atoms with Crippen molar-refractivity contribution in [3.05, 3.63) is 163 Å². The van der Waals surface area contributed by atoms with E-state index < -0.39 is 45.3 Å². The number of carbonyl (C=O) groups is 6. The Balaban J connectivity index is 0.000000317. The van der Waals surface area contributed by atoms with Crippen LogP contribution in [0.4, 0.5) is 34.1 Å². The molecule has 0 aromatic heterocycles. The molecule has 6 amide bonds. The maximum absolute atomic E-state index is 13.3. The summed E-state index contributed by atoms with van der Waals surface area (Å²) >= 11 is 0. The van der Waals surface area contributed by atoms with Crippen molar-refractivity contribution >= 4 is 69.6 Å². The molecule has 0 saturated carbocycles. The van der Waals surface area contributed by atoms with E-state index in [2.05, 4.69) is 21.3 Å². The van der Waals surface area contributed by atoms with Gasteiger partial charge in [0.1, 0.15) is 23.0 Å². The van der Waals surface area contributed by atoms with Crippen LogP contribution in [0.2, 0.25) is 0 Å². The molecule has 2 unspecified atom stereocenters. The standard InChI is InChI=1S/C32H38N4O8.C31H36N4O8/c1-7-19(5)43-28-16-22(31(38)34-24-12-9-21(30(33)37)15-27(24)42-18(3)4)10-13-25(28)35-32(39)23-11-14-26(36(40)41)29(17-23)44-20(6)8-2;1-17(2)16-41-28-15-22(9-12-25(28)35(39)40)31(38)34-24-11-8-21(14-27(24)43-19(5)6)30(37)33-23-10-7-20(29(32)36)13-26(23)42-18(3)4/h9-20H,7-8H2,1-6H3,(H2,33,37)(H,34,38)(H,35,39);7-15,17-19H,16H2,1-6H3,(H2,32,36)(H,33,37)(H,34,38). The molecule has 24 heteroatoms. The molecule has 8 N–H and O–H groups in total. The number of hydrogen-bond acceptors (Lipinski definition) is 16. The predicted molar refractivity (Wildman–Crippen MR) is 329 cm³/mol. The molecule has 0 bridgehead atoms. The molecule has 0 saturated heterocycles. The summed E-state index contributed by atoms with van der Waals surface area (Å²) in [6.07, 6.45) is -0.0283. The molecule has 0 aliphatic carbocycles. The molecule has 2 atom stereocenters. The van der Waals surface area contributed by atoms with Gasteiger partial charge in [-0.3, -0.25) is 49.0 Å². The van der Waals surface area contributed by atoms with Crippen molar-refractivity contribution in [3.63, 3.8) is 0 Å². The molecule has 6 aromatic carbocycles. The Bertz CT molecular complexity index is 3510. The van der Waals surface area contributed by atoms with E-state index in [4.69, 9.17) is 39.9 Å². The lowest BCUT2D eigenvalue weighted by Crippen LogP contribution is -2.18. The molecule has 0 aliphatic rings. The number of nitrogens with zero attached hydrogens (tertiary/aromatic N) is 2. The molecule has 0 radical (unpaired) electrons. The quantitative estimate of drug-likeness (QED) is 0.0206. The summed E-state index contributed by atoms with van der Waals surface area (Å²) in [5.41, 5.74) is 12.7. The lowest BCUT2D eigenvalue weighted by Gasteiger charge is -2.19. The Kier molecular flexibility index (Phi) is 24.1. The van der Waals surface area contributed by atoms with E-state index in [0.29, 0.717) is 29.9 Å². The van der Waals surface area contributed by atoms with Crippen LogP contribution in [-0.4, -0.2) is 82.4 Å². The molecular weight excluding hydrogens is 1120 g/mol. The van der Waals surface area contributed by atoms with E-state index >= 15 is 0 Å². The van der Waals surface area contributed by atoms with Crippen molar-refractivity contribution in [1.29, 1.82) is 0 Å². The zero-order chi connectivity index (χ0) is 64.4. The van der Waals surface area contributed by atoms with Gasteiger partial charge >= 0.3 is 11.4 Å². The van der Waals surface area contributed by atoms with E-state index in [1.807, 2.05) is 48.5 Å². The van der Waals surface area contributed by atoms with Crippen LogP contribution in [0.3, 0.4) is 0 Å². The Morgan fingerprint density at radius 2 is 0.667 bits per heavy atom. The number of primary amides is 2. The van der Waals surface area contributed by atoms with Crippen LogP contribution in [0.15, 0.2) is 109 Å². The SMILES string of the molecule is CC(C)COc1cc(C(=O)Nc2ccc(C(=O)Nc3ccc(C(N)=O)cc3OC(C)C)cc2OC(C)C)ccc1[N+](=O)[O-].CCC(C)Oc1cc(C(=O)Nc2ccc(C(N)=O)cc2OC(C)C)ccc1NC(=O)c1ccc([N+](=O)[O-])c(OC(C)CC)c1. The maximum atomic E-state index is 13.3. The minimum absolute atomic E-state index is 0.00947. The second-order valence-corrected chi connectivity index (χ2v) is 21.1. The summed E-state index contributed by atoms with van der Waals surface area (Å²) in [6.45, 7) is 22.3. The highest BCUT2D eigenvalue weighted by atomic mass is 16.6. The van der Waals surface area contributed by atoms with Crippen molar-refractivity contribution < 1.29 is 67.0 Å². The maximum Gasteiger partial charge on any atom is 0.310 e. The first-order valence-corrected chi connectivity index (χ1v) is 28.0. The number of ether oxygens (including phenoxy) is 6. The lowest BCUT2D eigenvalue weighted by atomic mass is 10.1. The van der Waals surface area contributed by atoms with E-state index in [1.165, 1.54) is 109 Å². The van der Waals surface area contributed by atoms with Crippen molar-refractivity contribution in [1.82, 2.24) is 0 Å². The molecule has 24 nitrogen and oxygen atoms in total. The number of amides is 6. The fourth-order valence-electron chi connectivity index (χ4n) is 7.70. The van der Waals surface area contributed by atoms with Gasteiger partial charge in [-0.05, 0) is 159 Å². The third-order valence-electron chi connectivity index (χ3n) is 12.3. The summed E-state index contributed by atoms with van der Waals surface area (Å²) < 4.78 is 34.8. The number of nitrogens with two attached hydrogens (primary N) is 2. The predicted octanol–water partition coefficient (Wildman–Crippen LogP) is 12.1. The molecule has 87 heavy (non-hydrogen) atoms. The highest BCUT2D eigenvalue weighted by Crippen LogP contribution is 2.36. The number of rotatable bonds is 27. The van der Waals surface area contributed by atoms with E-state index in [1.54, 1.807) is 34.6 Å². The van der Waals surface area contributed by atoms with Crippen LogP contribution in [0.5, 0.6) is 34.5 Å². The monoisotopic (exact) mass is 1200 g/mol. The largest absolute Gasteiger partial charge is 0.489 e. The van der Waals surface area contributed by atoms with Crippen molar-refractivity contribution in [2.45, 2.75) is 126 Å². The Morgan fingerprint density at radius 1 is 0.402 bits per heavy atom. The zero-order valence-electron chi connectivity index (χ0n) is 50.6. The molecular formula is C63H74N8O16. The van der Waals surface area contributed by atoms with Crippen LogP contribution < -0.4 is 61.2 Å². The summed E-state index contributed by atoms with van der Waals surface area (Å²) in [6, 6.07) is 25.8.